The van der Waals surface area contributed by atoms with Crippen molar-refractivity contribution in [3.05, 3.63) is 64.8 Å². The summed E-state index contributed by atoms with van der Waals surface area (Å²) >= 11 is 6.11. The summed E-state index contributed by atoms with van der Waals surface area (Å²) in [5.74, 6) is -1.56. The lowest BCUT2D eigenvalue weighted by Gasteiger charge is -2.29. The number of likely N-dealkylation sites (N-methyl/N-ethyl adjacent to an activating group) is 1. The van der Waals surface area contributed by atoms with Crippen molar-refractivity contribution in [2.75, 3.05) is 43.4 Å². The molecule has 2 unspecified atom stereocenters. The van der Waals surface area contributed by atoms with Gasteiger partial charge in [-0.05, 0) is 75.7 Å². The minimum absolute atomic E-state index is 0.00450. The molecule has 2 atom stereocenters. The van der Waals surface area contributed by atoms with Gasteiger partial charge in [0.25, 0.3) is 5.91 Å². The predicted octanol–water partition coefficient (Wildman–Crippen LogP) is 3.92. The maximum absolute atomic E-state index is 13.0. The predicted molar refractivity (Wildman–Crippen MR) is 182 cm³/mol. The van der Waals surface area contributed by atoms with E-state index in [1.807, 2.05) is 36.1 Å². The summed E-state index contributed by atoms with van der Waals surface area (Å²) in [6, 6.07) is 11.5. The van der Waals surface area contributed by atoms with Crippen molar-refractivity contribution < 1.29 is 28.7 Å². The van der Waals surface area contributed by atoms with Crippen LogP contribution in [0.4, 0.5) is 16.2 Å². The molecule has 1 fully saturated rings. The van der Waals surface area contributed by atoms with Gasteiger partial charge in [-0.2, -0.15) is 0 Å². The normalized spacial score (nSPS) is 16.5. The highest BCUT2D eigenvalue weighted by Gasteiger charge is 2.40. The average molecular weight is 678 g/mol. The number of carbonyl (C=O) groups excluding carboxylic acids is 5. The Morgan fingerprint density at radius 3 is 2.79 bits per heavy atom. The summed E-state index contributed by atoms with van der Waals surface area (Å²) in [6.07, 6.45) is 3.95. The van der Waals surface area contributed by atoms with Gasteiger partial charge in [0.1, 0.15) is 12.6 Å². The number of carbonyl (C=O) groups is 5. The number of benzene rings is 2. The number of urea groups is 1. The molecule has 0 saturated carbocycles. The number of esters is 1. The molecule has 5 rings (SSSR count). The van der Waals surface area contributed by atoms with Crippen LogP contribution in [0.25, 0.3) is 10.9 Å². The molecule has 2 aliphatic heterocycles. The zero-order valence-corrected chi connectivity index (χ0v) is 27.8. The molecule has 3 aromatic rings. The monoisotopic (exact) mass is 677 g/mol. The number of amides is 5. The smallest absolute Gasteiger partial charge is 0.320 e. The third-order valence-electron chi connectivity index (χ3n) is 8.50. The molecule has 4 N–H and O–H groups in total. The summed E-state index contributed by atoms with van der Waals surface area (Å²) < 4.78 is 5.35. The van der Waals surface area contributed by atoms with Crippen LogP contribution in [0, 0.1) is 0 Å². The summed E-state index contributed by atoms with van der Waals surface area (Å²) in [5.41, 5.74) is 3.26. The van der Waals surface area contributed by atoms with Crippen LogP contribution in [0.2, 0.25) is 5.02 Å². The Labute approximate surface area is 283 Å². The number of hydrogen-bond donors (Lipinski definition) is 4. The van der Waals surface area contributed by atoms with Crippen molar-refractivity contribution in [2.24, 2.45) is 0 Å². The van der Waals surface area contributed by atoms with Crippen LogP contribution in [0.3, 0.4) is 0 Å². The van der Waals surface area contributed by atoms with E-state index in [9.17, 15) is 24.0 Å². The van der Waals surface area contributed by atoms with E-state index in [0.29, 0.717) is 28.4 Å². The van der Waals surface area contributed by atoms with Crippen molar-refractivity contribution in [3.63, 3.8) is 0 Å². The molecule has 0 aliphatic carbocycles. The van der Waals surface area contributed by atoms with Gasteiger partial charge < -0.3 is 25.6 Å². The zero-order valence-electron chi connectivity index (χ0n) is 27.0. The minimum atomic E-state index is -0.748. The fraction of sp³-hybridized carbons (Fsp3) is 0.412. The van der Waals surface area contributed by atoms with E-state index in [1.165, 1.54) is 4.90 Å². The summed E-state index contributed by atoms with van der Waals surface area (Å²) in [7, 11) is 0. The molecule has 5 amide bonds. The van der Waals surface area contributed by atoms with E-state index in [-0.39, 0.29) is 62.9 Å². The molecule has 13 nitrogen and oxygen atoms in total. The standard InChI is InChI=1S/C34H40ClN7O6/c1-3-41(16-5-6-21(2)38-27-13-14-36-28-18-22(35)9-10-24(27)28)20-31(44)48-17-15-37-34(47)39-26-8-4-7-23-25(26)19-42(33(23)46)29-11-12-30(43)40-32(29)45/h4,7-10,13-14,18,21,29H,3,5-6,11-12,15-17,19-20H2,1-2H3,(H,36,38)(H2,37,39,47)(H,40,43,45). The second-order valence-electron chi connectivity index (χ2n) is 11.9. The number of nitrogens with one attached hydrogen (secondary N) is 4. The molecule has 1 saturated heterocycles. The van der Waals surface area contributed by atoms with E-state index >= 15 is 0 Å². The molecule has 14 heteroatoms. The summed E-state index contributed by atoms with van der Waals surface area (Å²) in [4.78, 5) is 69.8. The number of nitrogens with zero attached hydrogens (tertiary/aromatic N) is 3. The molecule has 0 spiro atoms. The first-order chi connectivity index (χ1) is 23.1. The number of anilines is 2. The first-order valence-corrected chi connectivity index (χ1v) is 16.5. The number of pyridine rings is 1. The summed E-state index contributed by atoms with van der Waals surface area (Å²) in [5, 5.41) is 12.9. The molecule has 0 bridgehead atoms. The lowest BCUT2D eigenvalue weighted by atomic mass is 10.0. The van der Waals surface area contributed by atoms with Crippen LogP contribution in [-0.4, -0.2) is 89.4 Å². The number of halogens is 1. The van der Waals surface area contributed by atoms with E-state index in [0.717, 1.165) is 36.0 Å². The average Bonchev–Trinajstić information content (AvgIpc) is 3.39. The van der Waals surface area contributed by atoms with Gasteiger partial charge in [-0.3, -0.25) is 34.4 Å². The largest absolute Gasteiger partial charge is 0.463 e. The number of piperidine rings is 1. The number of ether oxygens (including phenoxy) is 1. The Morgan fingerprint density at radius 1 is 1.17 bits per heavy atom. The van der Waals surface area contributed by atoms with Gasteiger partial charge in [0.15, 0.2) is 0 Å². The molecular weight excluding hydrogens is 638 g/mol. The SMILES string of the molecule is CCN(CCCC(C)Nc1ccnc2cc(Cl)ccc12)CC(=O)OCCNC(=O)Nc1cccc2c1CN(C1CCC(=O)NC1=O)C2=O. The van der Waals surface area contributed by atoms with Gasteiger partial charge in [0.05, 0.1) is 18.6 Å². The van der Waals surface area contributed by atoms with Crippen molar-refractivity contribution in [2.45, 2.75) is 58.2 Å². The maximum Gasteiger partial charge on any atom is 0.320 e. The lowest BCUT2D eigenvalue weighted by Crippen LogP contribution is -2.52. The molecule has 2 aromatic carbocycles. The zero-order chi connectivity index (χ0) is 34.2. The number of aromatic nitrogens is 1. The Hall–Kier alpha value is -4.75. The summed E-state index contributed by atoms with van der Waals surface area (Å²) in [6.45, 7) is 5.92. The van der Waals surface area contributed by atoms with Gasteiger partial charge in [0.2, 0.25) is 11.8 Å². The molecule has 0 radical (unpaired) electrons. The lowest BCUT2D eigenvalue weighted by molar-refractivity contribution is -0.144. The number of hydrogen-bond acceptors (Lipinski definition) is 9. The Morgan fingerprint density at radius 2 is 2.00 bits per heavy atom. The topological polar surface area (TPSA) is 162 Å². The van der Waals surface area contributed by atoms with Crippen LogP contribution in [0.1, 0.15) is 55.5 Å². The van der Waals surface area contributed by atoms with Gasteiger partial charge in [-0.1, -0.05) is 24.6 Å². The van der Waals surface area contributed by atoms with Crippen LogP contribution in [-0.2, 0) is 25.7 Å². The van der Waals surface area contributed by atoms with Crippen molar-refractivity contribution >= 4 is 63.6 Å². The Kier molecular flexibility index (Phi) is 11.5. The van der Waals surface area contributed by atoms with Gasteiger partial charge >= 0.3 is 12.0 Å². The molecule has 1 aromatic heterocycles. The van der Waals surface area contributed by atoms with E-state index in [4.69, 9.17) is 16.3 Å². The Bertz CT molecular complexity index is 1700. The first-order valence-electron chi connectivity index (χ1n) is 16.1. The van der Waals surface area contributed by atoms with Crippen molar-refractivity contribution in [3.8, 4) is 0 Å². The second kappa shape index (κ2) is 15.9. The van der Waals surface area contributed by atoms with Crippen molar-refractivity contribution in [1.29, 1.82) is 0 Å². The van der Waals surface area contributed by atoms with Crippen LogP contribution in [0.15, 0.2) is 48.7 Å². The third kappa shape index (κ3) is 8.58. The van der Waals surface area contributed by atoms with Gasteiger partial charge in [-0.15, -0.1) is 0 Å². The van der Waals surface area contributed by atoms with E-state index in [1.54, 1.807) is 24.4 Å². The molecule has 3 heterocycles. The second-order valence-corrected chi connectivity index (χ2v) is 12.3. The van der Waals surface area contributed by atoms with E-state index < -0.39 is 18.0 Å². The van der Waals surface area contributed by atoms with Crippen LogP contribution >= 0.6 is 11.6 Å². The van der Waals surface area contributed by atoms with Crippen LogP contribution in [0.5, 0.6) is 0 Å². The number of fused-ring (bicyclic) bond motifs is 2. The number of rotatable bonds is 14. The van der Waals surface area contributed by atoms with Crippen LogP contribution < -0.4 is 21.3 Å². The first kappa shape index (κ1) is 34.6. The fourth-order valence-corrected chi connectivity index (χ4v) is 6.15. The highest BCUT2D eigenvalue weighted by Crippen LogP contribution is 2.32. The number of imide groups is 1. The van der Waals surface area contributed by atoms with Gasteiger partial charge in [0, 0.05) is 58.1 Å². The highest BCUT2D eigenvalue weighted by molar-refractivity contribution is 6.31. The Balaban J connectivity index is 1.000. The molecule has 254 valence electrons. The quantitative estimate of drug-likeness (QED) is 0.113. The molecule has 48 heavy (non-hydrogen) atoms. The molecular formula is C34H40ClN7O6. The maximum atomic E-state index is 13.0. The highest BCUT2D eigenvalue weighted by atomic mass is 35.5. The van der Waals surface area contributed by atoms with Gasteiger partial charge in [-0.25, -0.2) is 4.79 Å². The molecule has 2 aliphatic rings. The third-order valence-corrected chi connectivity index (χ3v) is 8.73. The van der Waals surface area contributed by atoms with Crippen molar-refractivity contribution in [1.82, 2.24) is 25.4 Å². The fourth-order valence-electron chi connectivity index (χ4n) is 5.98. The van der Waals surface area contributed by atoms with E-state index in [2.05, 4.69) is 33.2 Å². The minimum Gasteiger partial charge on any atom is -0.463 e.